The van der Waals surface area contributed by atoms with E-state index < -0.39 is 17.8 Å². The van der Waals surface area contributed by atoms with Gasteiger partial charge >= 0.3 is 0 Å². The second kappa shape index (κ2) is 8.49. The summed E-state index contributed by atoms with van der Waals surface area (Å²) >= 11 is 0. The maximum atomic E-state index is 14.2. The number of aryl methyl sites for hydroxylation is 1. The van der Waals surface area contributed by atoms with Gasteiger partial charge in [-0.25, -0.2) is 9.37 Å². The molecule has 1 aliphatic rings. The number of amides is 1. The van der Waals surface area contributed by atoms with E-state index >= 15 is 0 Å². The van der Waals surface area contributed by atoms with Crippen molar-refractivity contribution in [2.24, 2.45) is 0 Å². The van der Waals surface area contributed by atoms with Crippen LogP contribution in [-0.2, 0) is 9.53 Å². The van der Waals surface area contributed by atoms with Crippen molar-refractivity contribution in [1.29, 1.82) is 0 Å². The number of halogens is 1. The first-order valence-corrected chi connectivity index (χ1v) is 8.96. The highest BCUT2D eigenvalue weighted by Gasteiger charge is 2.36. The molecule has 3 rings (SSSR count). The van der Waals surface area contributed by atoms with Gasteiger partial charge in [0.2, 0.25) is 5.95 Å². The molecule has 0 saturated carbocycles. The summed E-state index contributed by atoms with van der Waals surface area (Å²) in [7, 11) is 3.29. The molecule has 1 saturated heterocycles. The standard InChI is InChI=1S/C19H24FN5O3/c1-11-5-4-6-12(16(11)20)17(26)18(27)23-13-9-25(10-14(13)28-3)15-7-8-22-19(21-2)24-15/h4-8,13-14,17,26H,9-10H2,1-3H3,(H,23,27)(H,21,22,24)/t13-,14+,17?/m1/s1. The molecule has 0 aliphatic carbocycles. The monoisotopic (exact) mass is 389 g/mol. The van der Waals surface area contributed by atoms with Crippen LogP contribution in [-0.4, -0.2) is 60.4 Å². The van der Waals surface area contributed by atoms with Gasteiger partial charge in [-0.15, -0.1) is 0 Å². The largest absolute Gasteiger partial charge is 0.378 e. The lowest BCUT2D eigenvalue weighted by atomic mass is 10.0. The lowest BCUT2D eigenvalue weighted by Gasteiger charge is -2.21. The van der Waals surface area contributed by atoms with Crippen LogP contribution in [0.2, 0.25) is 0 Å². The number of nitrogens with one attached hydrogen (secondary N) is 2. The molecule has 0 radical (unpaired) electrons. The second-order valence-electron chi connectivity index (χ2n) is 6.66. The lowest BCUT2D eigenvalue weighted by Crippen LogP contribution is -2.45. The van der Waals surface area contributed by atoms with Crippen molar-refractivity contribution < 1.29 is 19.0 Å². The number of aliphatic hydroxyl groups is 1. The van der Waals surface area contributed by atoms with Crippen molar-refractivity contribution in [2.45, 2.75) is 25.2 Å². The highest BCUT2D eigenvalue weighted by Crippen LogP contribution is 2.23. The minimum atomic E-state index is -1.60. The first kappa shape index (κ1) is 20.0. The first-order valence-electron chi connectivity index (χ1n) is 8.96. The second-order valence-corrected chi connectivity index (χ2v) is 6.66. The molecule has 3 N–H and O–H groups in total. The van der Waals surface area contributed by atoms with Crippen molar-refractivity contribution in [1.82, 2.24) is 15.3 Å². The zero-order valence-electron chi connectivity index (χ0n) is 16.0. The van der Waals surface area contributed by atoms with Crippen LogP contribution in [0.1, 0.15) is 17.2 Å². The molecule has 8 nitrogen and oxygen atoms in total. The van der Waals surface area contributed by atoms with Gasteiger partial charge in [-0.05, 0) is 18.6 Å². The fourth-order valence-corrected chi connectivity index (χ4v) is 3.27. The maximum absolute atomic E-state index is 14.2. The highest BCUT2D eigenvalue weighted by molar-refractivity contribution is 5.82. The number of benzene rings is 1. The zero-order chi connectivity index (χ0) is 20.3. The number of aromatic nitrogens is 2. The summed E-state index contributed by atoms with van der Waals surface area (Å²) in [5, 5.41) is 16.0. The van der Waals surface area contributed by atoms with Crippen molar-refractivity contribution >= 4 is 17.7 Å². The van der Waals surface area contributed by atoms with Gasteiger partial charge in [-0.3, -0.25) is 4.79 Å². The molecule has 3 atom stereocenters. The summed E-state index contributed by atoms with van der Waals surface area (Å²) < 4.78 is 19.7. The number of hydrogen-bond acceptors (Lipinski definition) is 7. The number of hydrogen-bond donors (Lipinski definition) is 3. The first-order chi connectivity index (χ1) is 13.4. The lowest BCUT2D eigenvalue weighted by molar-refractivity contribution is -0.131. The Morgan fingerprint density at radius 1 is 1.39 bits per heavy atom. The van der Waals surface area contributed by atoms with Crippen LogP contribution in [0.4, 0.5) is 16.2 Å². The van der Waals surface area contributed by atoms with Crippen LogP contribution in [0.5, 0.6) is 0 Å². The Bertz CT molecular complexity index is 850. The number of carbonyl (C=O) groups excluding carboxylic acids is 1. The van der Waals surface area contributed by atoms with Crippen LogP contribution < -0.4 is 15.5 Å². The van der Waals surface area contributed by atoms with Gasteiger partial charge in [0.1, 0.15) is 11.6 Å². The fourth-order valence-electron chi connectivity index (χ4n) is 3.27. The molecule has 1 aromatic heterocycles. The third kappa shape index (κ3) is 4.05. The third-order valence-electron chi connectivity index (χ3n) is 4.85. The molecule has 1 aromatic carbocycles. The summed E-state index contributed by atoms with van der Waals surface area (Å²) in [5.74, 6) is -0.0632. The molecule has 0 bridgehead atoms. The molecule has 150 valence electrons. The number of nitrogens with zero attached hydrogens (tertiary/aromatic N) is 3. The predicted octanol–water partition coefficient (Wildman–Crippen LogP) is 1.02. The number of methoxy groups -OCH3 is 1. The van der Waals surface area contributed by atoms with E-state index in [1.807, 2.05) is 4.90 Å². The molecule has 1 unspecified atom stereocenters. The highest BCUT2D eigenvalue weighted by atomic mass is 19.1. The van der Waals surface area contributed by atoms with E-state index in [4.69, 9.17) is 4.74 Å². The van der Waals surface area contributed by atoms with Gasteiger partial charge in [0, 0.05) is 39.0 Å². The third-order valence-corrected chi connectivity index (χ3v) is 4.85. The quantitative estimate of drug-likeness (QED) is 0.678. The topological polar surface area (TPSA) is 99.6 Å². The van der Waals surface area contributed by atoms with E-state index in [1.54, 1.807) is 45.5 Å². The Labute approximate surface area is 162 Å². The average Bonchev–Trinajstić information content (AvgIpc) is 3.12. The van der Waals surface area contributed by atoms with Crippen molar-refractivity contribution in [2.75, 3.05) is 37.5 Å². The van der Waals surface area contributed by atoms with Crippen molar-refractivity contribution in [3.63, 3.8) is 0 Å². The predicted molar refractivity (Wildman–Crippen MR) is 103 cm³/mol. The molecule has 1 fully saturated rings. The smallest absolute Gasteiger partial charge is 0.253 e. The van der Waals surface area contributed by atoms with E-state index in [0.717, 1.165) is 0 Å². The Morgan fingerprint density at radius 3 is 2.89 bits per heavy atom. The van der Waals surface area contributed by atoms with Crippen LogP contribution in [0, 0.1) is 12.7 Å². The fraction of sp³-hybridized carbons (Fsp3) is 0.421. The van der Waals surface area contributed by atoms with Crippen LogP contribution in [0.25, 0.3) is 0 Å². The number of aliphatic hydroxyl groups excluding tert-OH is 1. The van der Waals surface area contributed by atoms with Crippen LogP contribution >= 0.6 is 0 Å². The average molecular weight is 389 g/mol. The molecular formula is C19H24FN5O3. The molecule has 0 spiro atoms. The molecule has 2 heterocycles. The SMILES string of the molecule is CNc1nccc(N2C[C@H](OC)[C@H](NC(=O)C(O)c3cccc(C)c3F)C2)n1. The van der Waals surface area contributed by atoms with Gasteiger partial charge in [-0.1, -0.05) is 18.2 Å². The Kier molecular flexibility index (Phi) is 6.05. The summed E-state index contributed by atoms with van der Waals surface area (Å²) in [6.45, 7) is 2.53. The molecule has 9 heteroatoms. The van der Waals surface area contributed by atoms with E-state index in [2.05, 4.69) is 20.6 Å². The van der Waals surface area contributed by atoms with Crippen LogP contribution in [0.15, 0.2) is 30.5 Å². The maximum Gasteiger partial charge on any atom is 0.253 e. The number of ether oxygens (including phenoxy) is 1. The minimum Gasteiger partial charge on any atom is -0.378 e. The Morgan fingerprint density at radius 2 is 2.18 bits per heavy atom. The summed E-state index contributed by atoms with van der Waals surface area (Å²) in [4.78, 5) is 23.0. The molecule has 1 amide bonds. The molecule has 2 aromatic rings. The normalized spacial score (nSPS) is 20.1. The minimum absolute atomic E-state index is 0.0456. The zero-order valence-corrected chi connectivity index (χ0v) is 16.0. The van der Waals surface area contributed by atoms with E-state index in [1.165, 1.54) is 6.07 Å². The Balaban J connectivity index is 1.72. The molecule has 1 aliphatic heterocycles. The van der Waals surface area contributed by atoms with Gasteiger partial charge in [0.15, 0.2) is 6.10 Å². The molecular weight excluding hydrogens is 365 g/mol. The van der Waals surface area contributed by atoms with Crippen molar-refractivity contribution in [3.05, 3.63) is 47.4 Å². The summed E-state index contributed by atoms with van der Waals surface area (Å²) in [5.41, 5.74) is 0.325. The van der Waals surface area contributed by atoms with Gasteiger partial charge in [0.05, 0.1) is 12.1 Å². The van der Waals surface area contributed by atoms with E-state index in [0.29, 0.717) is 30.4 Å². The number of rotatable bonds is 6. The van der Waals surface area contributed by atoms with Gasteiger partial charge < -0.3 is 25.4 Å². The molecule has 28 heavy (non-hydrogen) atoms. The number of anilines is 2. The van der Waals surface area contributed by atoms with Crippen LogP contribution in [0.3, 0.4) is 0 Å². The van der Waals surface area contributed by atoms with Gasteiger partial charge in [-0.2, -0.15) is 4.98 Å². The van der Waals surface area contributed by atoms with Crippen molar-refractivity contribution in [3.8, 4) is 0 Å². The van der Waals surface area contributed by atoms with E-state index in [9.17, 15) is 14.3 Å². The van der Waals surface area contributed by atoms with Gasteiger partial charge in [0.25, 0.3) is 5.91 Å². The summed E-state index contributed by atoms with van der Waals surface area (Å²) in [6, 6.07) is 5.98. The van der Waals surface area contributed by atoms with E-state index in [-0.39, 0.29) is 17.7 Å². The Hall–Kier alpha value is -2.78. The number of carbonyl (C=O) groups is 1. The summed E-state index contributed by atoms with van der Waals surface area (Å²) in [6.07, 6.45) is -0.250.